The lowest BCUT2D eigenvalue weighted by atomic mass is 10.0. The maximum atomic E-state index is 6.08. The Bertz CT molecular complexity index is 340. The van der Waals surface area contributed by atoms with Crippen LogP contribution >= 0.6 is 23.2 Å². The van der Waals surface area contributed by atoms with E-state index < -0.39 is 0 Å². The van der Waals surface area contributed by atoms with Crippen molar-refractivity contribution >= 4 is 23.2 Å². The minimum absolute atomic E-state index is 0.123. The summed E-state index contributed by atoms with van der Waals surface area (Å²) in [7, 11) is 4.08. The van der Waals surface area contributed by atoms with Crippen molar-refractivity contribution in [2.24, 2.45) is 5.73 Å². The summed E-state index contributed by atoms with van der Waals surface area (Å²) in [4.78, 5) is 2.12. The van der Waals surface area contributed by atoms with Crippen LogP contribution in [0.1, 0.15) is 12.0 Å². The third-order valence-electron chi connectivity index (χ3n) is 2.44. The van der Waals surface area contributed by atoms with Crippen molar-refractivity contribution in [3.8, 4) is 0 Å². The van der Waals surface area contributed by atoms with Gasteiger partial charge in [0.1, 0.15) is 0 Å². The van der Waals surface area contributed by atoms with E-state index in [2.05, 4.69) is 4.90 Å². The predicted octanol–water partition coefficient (Wildman–Crippen LogP) is 2.81. The van der Waals surface area contributed by atoms with E-state index in [1.54, 1.807) is 6.07 Å². The molecule has 0 aliphatic heterocycles. The Kier molecular flexibility index (Phi) is 5.56. The summed E-state index contributed by atoms with van der Waals surface area (Å²) < 4.78 is 0. The van der Waals surface area contributed by atoms with Crippen LogP contribution in [-0.4, -0.2) is 31.6 Å². The van der Waals surface area contributed by atoms with Crippen molar-refractivity contribution in [2.45, 2.75) is 18.9 Å². The molecule has 0 spiro atoms. The zero-order valence-electron chi connectivity index (χ0n) is 9.71. The first kappa shape index (κ1) is 13.8. The van der Waals surface area contributed by atoms with Crippen LogP contribution in [0, 0.1) is 0 Å². The molecule has 0 aliphatic rings. The number of benzene rings is 1. The second kappa shape index (κ2) is 6.45. The van der Waals surface area contributed by atoms with Crippen LogP contribution in [0.5, 0.6) is 0 Å². The average Bonchev–Trinajstić information content (AvgIpc) is 2.20. The molecular formula is C12H18Cl2N2. The van der Waals surface area contributed by atoms with Gasteiger partial charge in [0, 0.05) is 16.1 Å². The Morgan fingerprint density at radius 2 is 2.00 bits per heavy atom. The van der Waals surface area contributed by atoms with Gasteiger partial charge in [0.15, 0.2) is 0 Å². The van der Waals surface area contributed by atoms with Crippen LogP contribution in [0.4, 0.5) is 0 Å². The van der Waals surface area contributed by atoms with E-state index in [-0.39, 0.29) is 6.04 Å². The van der Waals surface area contributed by atoms with Crippen LogP contribution in [0.25, 0.3) is 0 Å². The highest BCUT2D eigenvalue weighted by Crippen LogP contribution is 2.22. The molecule has 0 saturated carbocycles. The zero-order chi connectivity index (χ0) is 12.1. The maximum Gasteiger partial charge on any atom is 0.0439 e. The molecule has 0 amide bonds. The second-order valence-corrected chi connectivity index (χ2v) is 5.14. The maximum absolute atomic E-state index is 6.08. The van der Waals surface area contributed by atoms with E-state index in [0.29, 0.717) is 5.02 Å². The number of halogens is 2. The lowest BCUT2D eigenvalue weighted by Gasteiger charge is -2.16. The van der Waals surface area contributed by atoms with E-state index in [1.807, 2.05) is 26.2 Å². The first-order valence-corrected chi connectivity index (χ1v) is 6.09. The summed E-state index contributed by atoms with van der Waals surface area (Å²) >= 11 is 12.0. The largest absolute Gasteiger partial charge is 0.327 e. The van der Waals surface area contributed by atoms with Crippen molar-refractivity contribution in [2.75, 3.05) is 20.6 Å². The molecule has 90 valence electrons. The van der Waals surface area contributed by atoms with Gasteiger partial charge in [-0.05, 0) is 57.2 Å². The molecule has 4 heteroatoms. The molecule has 1 atom stereocenters. The molecule has 1 aromatic carbocycles. The normalized spacial score (nSPS) is 13.1. The third-order valence-corrected chi connectivity index (χ3v) is 3.04. The number of nitrogens with zero attached hydrogens (tertiary/aromatic N) is 1. The molecule has 0 radical (unpaired) electrons. The van der Waals surface area contributed by atoms with Gasteiger partial charge in [-0.15, -0.1) is 0 Å². The van der Waals surface area contributed by atoms with Crippen LogP contribution in [-0.2, 0) is 6.42 Å². The van der Waals surface area contributed by atoms with E-state index in [9.17, 15) is 0 Å². The number of rotatable bonds is 5. The van der Waals surface area contributed by atoms with Crippen LogP contribution in [0.2, 0.25) is 10.0 Å². The van der Waals surface area contributed by atoms with Crippen LogP contribution < -0.4 is 5.73 Å². The molecule has 0 saturated heterocycles. The van der Waals surface area contributed by atoms with Gasteiger partial charge in [-0.2, -0.15) is 0 Å². The fourth-order valence-corrected chi connectivity index (χ4v) is 1.90. The molecule has 0 fully saturated rings. The van der Waals surface area contributed by atoms with E-state index in [0.717, 1.165) is 30.0 Å². The quantitative estimate of drug-likeness (QED) is 0.883. The lowest BCUT2D eigenvalue weighted by Crippen LogP contribution is -2.28. The molecule has 1 rings (SSSR count). The van der Waals surface area contributed by atoms with Gasteiger partial charge in [0.05, 0.1) is 0 Å². The van der Waals surface area contributed by atoms with Gasteiger partial charge >= 0.3 is 0 Å². The van der Waals surface area contributed by atoms with Gasteiger partial charge in [0.2, 0.25) is 0 Å². The third kappa shape index (κ3) is 4.71. The Morgan fingerprint density at radius 1 is 1.31 bits per heavy atom. The summed E-state index contributed by atoms with van der Waals surface area (Å²) in [6.07, 6.45) is 1.73. The molecule has 1 unspecified atom stereocenters. The molecular weight excluding hydrogens is 243 g/mol. The zero-order valence-corrected chi connectivity index (χ0v) is 11.2. The molecule has 2 N–H and O–H groups in total. The molecule has 16 heavy (non-hydrogen) atoms. The van der Waals surface area contributed by atoms with Crippen LogP contribution in [0.3, 0.4) is 0 Å². The van der Waals surface area contributed by atoms with E-state index in [4.69, 9.17) is 28.9 Å². The number of hydrogen-bond acceptors (Lipinski definition) is 2. The van der Waals surface area contributed by atoms with Gasteiger partial charge in [0.25, 0.3) is 0 Å². The Labute approximate surface area is 107 Å². The Hall–Kier alpha value is -0.280. The fourth-order valence-electron chi connectivity index (χ4n) is 1.51. The van der Waals surface area contributed by atoms with Gasteiger partial charge in [-0.3, -0.25) is 0 Å². The standard InChI is InChI=1S/C12H18Cl2N2/c1-16(2)6-5-11(15)8-9-7-10(13)3-4-12(9)14/h3-4,7,11H,5-6,8,15H2,1-2H3. The first-order valence-electron chi connectivity index (χ1n) is 5.33. The summed E-state index contributed by atoms with van der Waals surface area (Å²) in [5, 5.41) is 1.45. The minimum Gasteiger partial charge on any atom is -0.327 e. The molecule has 2 nitrogen and oxygen atoms in total. The highest BCUT2D eigenvalue weighted by molar-refractivity contribution is 6.33. The topological polar surface area (TPSA) is 29.3 Å². The van der Waals surface area contributed by atoms with Gasteiger partial charge in [-0.25, -0.2) is 0 Å². The highest BCUT2D eigenvalue weighted by atomic mass is 35.5. The SMILES string of the molecule is CN(C)CCC(N)Cc1cc(Cl)ccc1Cl. The fraction of sp³-hybridized carbons (Fsp3) is 0.500. The molecule has 0 aliphatic carbocycles. The minimum atomic E-state index is 0.123. The lowest BCUT2D eigenvalue weighted by molar-refractivity contribution is 0.379. The number of hydrogen-bond donors (Lipinski definition) is 1. The van der Waals surface area contributed by atoms with E-state index >= 15 is 0 Å². The molecule has 1 aromatic rings. The second-order valence-electron chi connectivity index (χ2n) is 4.29. The van der Waals surface area contributed by atoms with Crippen molar-refractivity contribution in [1.29, 1.82) is 0 Å². The van der Waals surface area contributed by atoms with Crippen molar-refractivity contribution in [1.82, 2.24) is 4.90 Å². The van der Waals surface area contributed by atoms with Crippen molar-refractivity contribution in [3.63, 3.8) is 0 Å². The predicted molar refractivity (Wildman–Crippen MR) is 71.3 cm³/mol. The van der Waals surface area contributed by atoms with Gasteiger partial charge in [-0.1, -0.05) is 23.2 Å². The Morgan fingerprint density at radius 3 is 2.62 bits per heavy atom. The van der Waals surface area contributed by atoms with Crippen LogP contribution in [0.15, 0.2) is 18.2 Å². The molecule has 0 bridgehead atoms. The average molecular weight is 261 g/mol. The Balaban J connectivity index is 2.55. The molecule has 0 aromatic heterocycles. The summed E-state index contributed by atoms with van der Waals surface area (Å²) in [6.45, 7) is 0.985. The smallest absolute Gasteiger partial charge is 0.0439 e. The first-order chi connectivity index (χ1) is 7.49. The summed E-state index contributed by atoms with van der Waals surface area (Å²) in [6, 6.07) is 5.62. The van der Waals surface area contributed by atoms with Gasteiger partial charge < -0.3 is 10.6 Å². The summed E-state index contributed by atoms with van der Waals surface area (Å²) in [5.41, 5.74) is 7.07. The highest BCUT2D eigenvalue weighted by Gasteiger charge is 2.08. The van der Waals surface area contributed by atoms with Crippen molar-refractivity contribution in [3.05, 3.63) is 33.8 Å². The monoisotopic (exact) mass is 260 g/mol. The van der Waals surface area contributed by atoms with Crippen molar-refractivity contribution < 1.29 is 0 Å². The van der Waals surface area contributed by atoms with E-state index in [1.165, 1.54) is 0 Å². The molecule has 0 heterocycles. The summed E-state index contributed by atoms with van der Waals surface area (Å²) in [5.74, 6) is 0. The number of nitrogens with two attached hydrogens (primary N) is 1.